The predicted molar refractivity (Wildman–Crippen MR) is 82.4 cm³/mol. The molecule has 1 amide bonds. The molecular formula is C16H18F3N5O. The Bertz CT molecular complexity index is 690. The average molecular weight is 353 g/mol. The zero-order valence-corrected chi connectivity index (χ0v) is 13.4. The summed E-state index contributed by atoms with van der Waals surface area (Å²) in [6, 6.07) is 8.51. The van der Waals surface area contributed by atoms with Gasteiger partial charge in [-0.2, -0.15) is 13.2 Å². The van der Waals surface area contributed by atoms with E-state index in [1.54, 1.807) is 0 Å². The molecule has 1 fully saturated rings. The number of likely N-dealkylation sites (tertiary alicyclic amines) is 1. The van der Waals surface area contributed by atoms with Crippen LogP contribution >= 0.6 is 0 Å². The van der Waals surface area contributed by atoms with Gasteiger partial charge in [-0.3, -0.25) is 4.79 Å². The summed E-state index contributed by atoms with van der Waals surface area (Å²) in [6.45, 7) is 0.00851. The third-order valence-electron chi connectivity index (χ3n) is 4.44. The molecule has 2 atom stereocenters. The van der Waals surface area contributed by atoms with Crippen molar-refractivity contribution in [1.82, 2.24) is 25.1 Å². The summed E-state index contributed by atoms with van der Waals surface area (Å²) < 4.78 is 40.4. The Morgan fingerprint density at radius 2 is 2.04 bits per heavy atom. The van der Waals surface area contributed by atoms with Crippen molar-refractivity contribution in [3.8, 4) is 0 Å². The molecular weight excluding hydrogens is 335 g/mol. The van der Waals surface area contributed by atoms with Crippen LogP contribution in [0.2, 0.25) is 0 Å². The van der Waals surface area contributed by atoms with Crippen molar-refractivity contribution in [3.63, 3.8) is 0 Å². The van der Waals surface area contributed by atoms with Crippen molar-refractivity contribution in [1.29, 1.82) is 0 Å². The van der Waals surface area contributed by atoms with Crippen LogP contribution in [0, 0.1) is 5.92 Å². The zero-order valence-electron chi connectivity index (χ0n) is 13.4. The van der Waals surface area contributed by atoms with Crippen LogP contribution in [-0.2, 0) is 11.2 Å². The second-order valence-electron chi connectivity index (χ2n) is 6.16. The average Bonchev–Trinajstić information content (AvgIpc) is 3.14. The van der Waals surface area contributed by atoms with E-state index in [2.05, 4.69) is 15.5 Å². The van der Waals surface area contributed by atoms with Crippen molar-refractivity contribution in [2.24, 2.45) is 5.92 Å². The van der Waals surface area contributed by atoms with Gasteiger partial charge < -0.3 is 4.90 Å². The minimum atomic E-state index is -4.29. The number of rotatable bonds is 4. The number of hydrogen-bond donors (Lipinski definition) is 0. The smallest absolute Gasteiger partial charge is 0.340 e. The Kier molecular flexibility index (Phi) is 5.00. The summed E-state index contributed by atoms with van der Waals surface area (Å²) in [5.74, 6) is -1.86. The first-order valence-corrected chi connectivity index (χ1v) is 8.07. The number of benzene rings is 1. The number of nitrogens with zero attached hydrogens (tertiary/aromatic N) is 5. The highest BCUT2D eigenvalue weighted by Gasteiger charge is 2.43. The number of hydrogen-bond acceptors (Lipinski definition) is 4. The minimum Gasteiger partial charge on any atom is -0.340 e. The molecule has 25 heavy (non-hydrogen) atoms. The molecule has 0 unspecified atom stereocenters. The van der Waals surface area contributed by atoms with Gasteiger partial charge in [-0.1, -0.05) is 30.3 Å². The van der Waals surface area contributed by atoms with Gasteiger partial charge in [0.1, 0.15) is 12.4 Å². The van der Waals surface area contributed by atoms with E-state index >= 15 is 0 Å². The maximum Gasteiger partial charge on any atom is 0.393 e. The fraction of sp³-hybridized carbons (Fsp3) is 0.500. The molecule has 3 rings (SSSR count). The third kappa shape index (κ3) is 4.15. The predicted octanol–water partition coefficient (Wildman–Crippen LogP) is 2.26. The van der Waals surface area contributed by atoms with Crippen LogP contribution in [0.1, 0.15) is 24.4 Å². The quantitative estimate of drug-likeness (QED) is 0.846. The van der Waals surface area contributed by atoms with Crippen LogP contribution in [0.5, 0.6) is 0 Å². The van der Waals surface area contributed by atoms with Crippen LogP contribution in [0.4, 0.5) is 13.2 Å². The van der Waals surface area contributed by atoms with E-state index in [0.29, 0.717) is 19.4 Å². The highest BCUT2D eigenvalue weighted by Crippen LogP contribution is 2.34. The minimum absolute atomic E-state index is 0.0571. The van der Waals surface area contributed by atoms with E-state index in [4.69, 9.17) is 0 Å². The molecule has 0 spiro atoms. The van der Waals surface area contributed by atoms with E-state index in [1.807, 2.05) is 30.3 Å². The van der Waals surface area contributed by atoms with Gasteiger partial charge in [0.2, 0.25) is 5.91 Å². The van der Waals surface area contributed by atoms with Crippen molar-refractivity contribution in [3.05, 3.63) is 42.2 Å². The first-order valence-electron chi connectivity index (χ1n) is 8.07. The largest absolute Gasteiger partial charge is 0.393 e. The molecule has 1 aromatic heterocycles. The second kappa shape index (κ2) is 7.20. The summed E-state index contributed by atoms with van der Waals surface area (Å²) in [6.07, 6.45) is -2.26. The van der Waals surface area contributed by atoms with Gasteiger partial charge in [0.25, 0.3) is 0 Å². The van der Waals surface area contributed by atoms with Crippen LogP contribution in [0.25, 0.3) is 0 Å². The Hall–Kier alpha value is -2.45. The van der Waals surface area contributed by atoms with E-state index in [-0.39, 0.29) is 18.9 Å². The van der Waals surface area contributed by atoms with Crippen molar-refractivity contribution in [2.45, 2.75) is 31.5 Å². The maximum atomic E-state index is 13.0. The van der Waals surface area contributed by atoms with Crippen LogP contribution in [0.3, 0.4) is 0 Å². The number of piperidine rings is 1. The first kappa shape index (κ1) is 17.4. The standard InChI is InChI=1S/C16H18F3N5O/c17-16(18,19)13-7-4-8-23(10-13)15(25)14(24-11-20-21-22-24)9-12-5-2-1-3-6-12/h1-3,5-6,11,13-14H,4,7-10H2/t13-,14-/m0/s1. The number of carbonyl (C=O) groups excluding carboxylic acids is 1. The Balaban J connectivity index is 1.79. The van der Waals surface area contributed by atoms with E-state index < -0.39 is 18.1 Å². The summed E-state index contributed by atoms with van der Waals surface area (Å²) in [5, 5.41) is 10.9. The lowest BCUT2D eigenvalue weighted by Crippen LogP contribution is -2.47. The number of amides is 1. The molecule has 2 aromatic rings. The molecule has 0 N–H and O–H groups in total. The Morgan fingerprint density at radius 1 is 1.28 bits per heavy atom. The van der Waals surface area contributed by atoms with Crippen molar-refractivity contribution in [2.75, 3.05) is 13.1 Å². The lowest BCUT2D eigenvalue weighted by atomic mass is 9.96. The number of tetrazole rings is 1. The fourth-order valence-electron chi connectivity index (χ4n) is 3.10. The van der Waals surface area contributed by atoms with E-state index in [0.717, 1.165) is 5.56 Å². The van der Waals surface area contributed by atoms with Crippen LogP contribution in [-0.4, -0.2) is 50.3 Å². The summed E-state index contributed by atoms with van der Waals surface area (Å²) in [7, 11) is 0. The van der Waals surface area contributed by atoms with Crippen LogP contribution in [0.15, 0.2) is 36.7 Å². The van der Waals surface area contributed by atoms with Crippen molar-refractivity contribution >= 4 is 5.91 Å². The summed E-state index contributed by atoms with van der Waals surface area (Å²) in [4.78, 5) is 14.2. The number of aromatic nitrogens is 4. The molecule has 0 radical (unpaired) electrons. The van der Waals surface area contributed by atoms with E-state index in [9.17, 15) is 18.0 Å². The number of carbonyl (C=O) groups is 1. The van der Waals surface area contributed by atoms with Gasteiger partial charge in [-0.25, -0.2) is 4.68 Å². The van der Waals surface area contributed by atoms with E-state index in [1.165, 1.54) is 15.9 Å². The Morgan fingerprint density at radius 3 is 2.68 bits per heavy atom. The van der Waals surface area contributed by atoms with Gasteiger partial charge in [0.15, 0.2) is 0 Å². The molecule has 0 bridgehead atoms. The molecule has 0 aliphatic carbocycles. The third-order valence-corrected chi connectivity index (χ3v) is 4.44. The second-order valence-corrected chi connectivity index (χ2v) is 6.16. The van der Waals surface area contributed by atoms with Gasteiger partial charge in [-0.05, 0) is 28.8 Å². The van der Waals surface area contributed by atoms with Gasteiger partial charge in [0.05, 0.1) is 5.92 Å². The van der Waals surface area contributed by atoms with Gasteiger partial charge >= 0.3 is 6.18 Å². The summed E-state index contributed by atoms with van der Waals surface area (Å²) >= 11 is 0. The molecule has 1 saturated heterocycles. The Labute approximate surface area is 142 Å². The number of alkyl halides is 3. The number of halogens is 3. The van der Waals surface area contributed by atoms with Gasteiger partial charge in [0, 0.05) is 19.5 Å². The normalized spacial score (nSPS) is 19.6. The molecule has 0 saturated carbocycles. The zero-order chi connectivity index (χ0) is 17.9. The monoisotopic (exact) mass is 353 g/mol. The van der Waals surface area contributed by atoms with Crippen molar-refractivity contribution < 1.29 is 18.0 Å². The highest BCUT2D eigenvalue weighted by molar-refractivity contribution is 5.80. The lowest BCUT2D eigenvalue weighted by Gasteiger charge is -2.35. The first-order chi connectivity index (χ1) is 11.9. The van der Waals surface area contributed by atoms with Crippen LogP contribution < -0.4 is 0 Å². The van der Waals surface area contributed by atoms with Gasteiger partial charge in [-0.15, -0.1) is 5.10 Å². The summed E-state index contributed by atoms with van der Waals surface area (Å²) in [5.41, 5.74) is 0.890. The topological polar surface area (TPSA) is 63.9 Å². The molecule has 9 heteroatoms. The molecule has 1 aliphatic rings. The highest BCUT2D eigenvalue weighted by atomic mass is 19.4. The molecule has 1 aliphatic heterocycles. The molecule has 1 aromatic carbocycles. The fourth-order valence-corrected chi connectivity index (χ4v) is 3.10. The SMILES string of the molecule is O=C([C@H](Cc1ccccc1)n1cnnn1)N1CCC[C@H](C(F)(F)F)C1. The molecule has 6 nitrogen and oxygen atoms in total. The lowest BCUT2D eigenvalue weighted by molar-refractivity contribution is -0.188. The maximum absolute atomic E-state index is 13.0. The molecule has 2 heterocycles. The molecule has 134 valence electrons.